The van der Waals surface area contributed by atoms with Crippen LogP contribution in [0.1, 0.15) is 18.1 Å². The van der Waals surface area contributed by atoms with Gasteiger partial charge in [0, 0.05) is 16.6 Å². The Balaban J connectivity index is 1.32. The fourth-order valence-corrected chi connectivity index (χ4v) is 8.89. The van der Waals surface area contributed by atoms with Crippen molar-refractivity contribution >= 4 is 28.7 Å². The van der Waals surface area contributed by atoms with Crippen molar-refractivity contribution in [2.45, 2.75) is 13.8 Å². The molecule has 0 radical (unpaired) electrons. The number of allylic oxidation sites excluding steroid dienone is 4. The molecule has 0 saturated heterocycles. The third kappa shape index (κ3) is 6.33. The summed E-state index contributed by atoms with van der Waals surface area (Å²) >= 11 is 0. The number of benzene rings is 8. The molecule has 0 fully saturated rings. The van der Waals surface area contributed by atoms with E-state index in [4.69, 9.17) is 9.47 Å². The van der Waals surface area contributed by atoms with Crippen LogP contribution in [0.3, 0.4) is 0 Å². The first-order chi connectivity index (χ1) is 29.0. The van der Waals surface area contributed by atoms with Crippen LogP contribution in [0.5, 0.6) is 23.0 Å². The van der Waals surface area contributed by atoms with Crippen molar-refractivity contribution in [3.63, 3.8) is 0 Å². The van der Waals surface area contributed by atoms with Gasteiger partial charge in [0.2, 0.25) is 0 Å². The van der Waals surface area contributed by atoms with Crippen molar-refractivity contribution in [3.05, 3.63) is 218 Å². The summed E-state index contributed by atoms with van der Waals surface area (Å²) in [6, 6.07) is 62.8. The number of para-hydroxylation sites is 2. The third-order valence-corrected chi connectivity index (χ3v) is 11.8. The Hall–Kier alpha value is -7.36. The smallest absolute Gasteiger partial charge is 0.260 e. The molecule has 10 rings (SSSR count). The van der Waals surface area contributed by atoms with E-state index in [1.165, 1.54) is 11.1 Å². The number of hydrogen-bond donors (Lipinski definition) is 0. The van der Waals surface area contributed by atoms with Gasteiger partial charge in [-0.1, -0.05) is 147 Å². The van der Waals surface area contributed by atoms with E-state index in [1.807, 2.05) is 12.2 Å². The second-order valence-electron chi connectivity index (χ2n) is 15.4. The molecule has 8 aromatic carbocycles. The first kappa shape index (κ1) is 36.0. The highest BCUT2D eigenvalue weighted by atomic mass is 16.5. The van der Waals surface area contributed by atoms with Crippen molar-refractivity contribution in [1.82, 2.24) is 0 Å². The molecule has 0 unspecified atom stereocenters. The number of rotatable bonds is 8. The Morgan fingerprint density at radius 3 is 1.47 bits per heavy atom. The summed E-state index contributed by atoms with van der Waals surface area (Å²) < 4.78 is 14.3. The third-order valence-electron chi connectivity index (χ3n) is 11.8. The van der Waals surface area contributed by atoms with Gasteiger partial charge < -0.3 is 9.47 Å². The van der Waals surface area contributed by atoms with E-state index >= 15 is 0 Å². The van der Waals surface area contributed by atoms with E-state index in [-0.39, 0.29) is 6.71 Å². The zero-order valence-electron chi connectivity index (χ0n) is 33.2. The summed E-state index contributed by atoms with van der Waals surface area (Å²) in [5.74, 6) is 3.33. The maximum absolute atomic E-state index is 7.14. The molecule has 0 N–H and O–H groups in total. The lowest BCUT2D eigenvalue weighted by Gasteiger charge is -2.35. The highest BCUT2D eigenvalue weighted by Crippen LogP contribution is 2.48. The summed E-state index contributed by atoms with van der Waals surface area (Å²) in [4.78, 5) is 0. The molecule has 0 aliphatic carbocycles. The number of hydrogen-bond acceptors (Lipinski definition) is 2. The Morgan fingerprint density at radius 1 is 0.458 bits per heavy atom. The van der Waals surface area contributed by atoms with Gasteiger partial charge in [0.25, 0.3) is 6.71 Å². The van der Waals surface area contributed by atoms with E-state index in [9.17, 15) is 0 Å². The van der Waals surface area contributed by atoms with Crippen LogP contribution in [0.25, 0.3) is 61.2 Å². The molecular weight excluding hydrogens is 715 g/mol. The van der Waals surface area contributed by atoms with Crippen LogP contribution < -0.4 is 25.9 Å². The van der Waals surface area contributed by atoms with E-state index in [0.717, 1.165) is 106 Å². The number of fused-ring (bicyclic) bond motifs is 4. The zero-order valence-corrected chi connectivity index (χ0v) is 33.2. The molecule has 59 heavy (non-hydrogen) atoms. The molecule has 2 heterocycles. The van der Waals surface area contributed by atoms with Crippen LogP contribution in [0.2, 0.25) is 0 Å². The molecule has 0 saturated carbocycles. The van der Waals surface area contributed by atoms with Crippen molar-refractivity contribution < 1.29 is 9.47 Å². The average Bonchev–Trinajstić information content (AvgIpc) is 3.29. The lowest BCUT2D eigenvalue weighted by molar-refractivity contribution is 0.467. The standard InChI is InChI=1S/C56H41BO2/c1-5-36(3)46(6-2)42-29-40(38-20-9-7-10-21-38)31-44(33-42)48-35-49(45-32-41(39-22-11-8-12-23-39)30-43(34-45)47-24-14-13-19-37(47)4)56-54-55(48)58-52-27-17-15-25-50(52)57(54)51-26-16-18-28-53(51)59-56/h5-35H,1-2H2,3-4H3/b46-36+. The van der Waals surface area contributed by atoms with Gasteiger partial charge in [-0.15, -0.1) is 0 Å². The van der Waals surface area contributed by atoms with Crippen LogP contribution in [0, 0.1) is 6.92 Å². The van der Waals surface area contributed by atoms with Crippen LogP contribution in [-0.4, -0.2) is 6.71 Å². The molecule has 8 aromatic rings. The van der Waals surface area contributed by atoms with E-state index < -0.39 is 0 Å². The monoisotopic (exact) mass is 756 g/mol. The molecule has 2 aliphatic heterocycles. The van der Waals surface area contributed by atoms with Crippen molar-refractivity contribution in [2.24, 2.45) is 0 Å². The molecular formula is C56H41BO2. The van der Waals surface area contributed by atoms with Crippen molar-refractivity contribution in [3.8, 4) is 78.6 Å². The maximum Gasteiger partial charge on any atom is 0.260 e. The van der Waals surface area contributed by atoms with Gasteiger partial charge in [0.15, 0.2) is 0 Å². The van der Waals surface area contributed by atoms with Gasteiger partial charge in [-0.3, -0.25) is 0 Å². The number of ether oxygens (including phenoxy) is 2. The summed E-state index contributed by atoms with van der Waals surface area (Å²) in [6.07, 6.45) is 3.83. The van der Waals surface area contributed by atoms with Crippen molar-refractivity contribution in [2.75, 3.05) is 0 Å². The van der Waals surface area contributed by atoms with Crippen LogP contribution >= 0.6 is 0 Å². The van der Waals surface area contributed by atoms with Crippen LogP contribution in [0.15, 0.2) is 207 Å². The molecule has 2 aliphatic rings. The quantitative estimate of drug-likeness (QED) is 0.114. The Bertz CT molecular complexity index is 2980. The average molecular weight is 757 g/mol. The summed E-state index contributed by atoms with van der Waals surface area (Å²) in [7, 11) is 0. The molecule has 280 valence electrons. The maximum atomic E-state index is 7.14. The minimum Gasteiger partial charge on any atom is -0.458 e. The largest absolute Gasteiger partial charge is 0.458 e. The molecule has 0 amide bonds. The first-order valence-electron chi connectivity index (χ1n) is 20.2. The first-order valence-corrected chi connectivity index (χ1v) is 20.2. The van der Waals surface area contributed by atoms with Gasteiger partial charge in [0.1, 0.15) is 23.0 Å². The predicted octanol–water partition coefficient (Wildman–Crippen LogP) is 13.2. The normalized spacial score (nSPS) is 12.5. The Labute approximate surface area is 347 Å². The van der Waals surface area contributed by atoms with Gasteiger partial charge in [0.05, 0.1) is 0 Å². The molecule has 0 spiro atoms. The highest BCUT2D eigenvalue weighted by molar-refractivity contribution is 6.98. The van der Waals surface area contributed by atoms with Gasteiger partial charge in [-0.2, -0.15) is 0 Å². The van der Waals surface area contributed by atoms with Gasteiger partial charge in [-0.05, 0) is 146 Å². The molecule has 0 aromatic heterocycles. The lowest BCUT2D eigenvalue weighted by Crippen LogP contribution is -2.57. The van der Waals surface area contributed by atoms with Gasteiger partial charge in [-0.25, -0.2) is 0 Å². The van der Waals surface area contributed by atoms with E-state index in [2.05, 4.69) is 203 Å². The molecule has 2 nitrogen and oxygen atoms in total. The highest BCUT2D eigenvalue weighted by Gasteiger charge is 2.42. The minimum absolute atomic E-state index is 0.106. The Morgan fingerprint density at radius 2 is 0.915 bits per heavy atom. The molecule has 0 atom stereocenters. The number of aryl methyl sites for hydroxylation is 1. The van der Waals surface area contributed by atoms with Crippen LogP contribution in [-0.2, 0) is 0 Å². The van der Waals surface area contributed by atoms with E-state index in [1.54, 1.807) is 0 Å². The zero-order chi connectivity index (χ0) is 40.0. The molecule has 3 heteroatoms. The SMILES string of the molecule is C=C/C(C)=C(\C=C)c1cc(-c2ccccc2)cc(-c2cc(-c3cc(-c4ccccc4)cc(-c4ccccc4C)c3)c3c4c2Oc2ccccc2B4c2ccccc2O3)c1. The lowest BCUT2D eigenvalue weighted by atomic mass is 9.34. The van der Waals surface area contributed by atoms with Crippen molar-refractivity contribution in [1.29, 1.82) is 0 Å². The fourth-order valence-electron chi connectivity index (χ4n) is 8.89. The van der Waals surface area contributed by atoms with E-state index in [0.29, 0.717) is 0 Å². The van der Waals surface area contributed by atoms with Crippen LogP contribution in [0.4, 0.5) is 0 Å². The Kier molecular flexibility index (Phi) is 9.07. The second kappa shape index (κ2) is 14.9. The topological polar surface area (TPSA) is 18.5 Å². The van der Waals surface area contributed by atoms with Gasteiger partial charge >= 0.3 is 0 Å². The summed E-state index contributed by atoms with van der Waals surface area (Å²) in [5.41, 5.74) is 18.6. The predicted molar refractivity (Wildman–Crippen MR) is 249 cm³/mol. The molecule has 0 bridgehead atoms. The fraction of sp³-hybridized carbons (Fsp3) is 0.0357. The summed E-state index contributed by atoms with van der Waals surface area (Å²) in [6.45, 7) is 12.5. The summed E-state index contributed by atoms with van der Waals surface area (Å²) in [5, 5.41) is 0. The minimum atomic E-state index is -0.106. The second-order valence-corrected chi connectivity index (χ2v) is 15.4.